The van der Waals surface area contributed by atoms with E-state index in [2.05, 4.69) is 10.6 Å². The van der Waals surface area contributed by atoms with Crippen molar-refractivity contribution in [3.63, 3.8) is 0 Å². The minimum atomic E-state index is -0.572. The number of hydrogen-bond acceptors (Lipinski definition) is 2. The van der Waals surface area contributed by atoms with Crippen molar-refractivity contribution in [2.75, 3.05) is 6.54 Å². The molecule has 0 aliphatic carbocycles. The van der Waals surface area contributed by atoms with E-state index >= 15 is 0 Å². The smallest absolute Gasteiger partial charge is 0.310 e. The zero-order valence-electron chi connectivity index (χ0n) is 9.33. The molecule has 4 nitrogen and oxygen atoms in total. The molecule has 2 amide bonds. The molecule has 1 aliphatic heterocycles. The maximum atomic E-state index is 11.4. The number of carbonyl (C=O) groups is 2. The van der Waals surface area contributed by atoms with Crippen LogP contribution in [0.25, 0.3) is 0 Å². The summed E-state index contributed by atoms with van der Waals surface area (Å²) >= 11 is 0. The van der Waals surface area contributed by atoms with Crippen molar-refractivity contribution in [2.45, 2.75) is 19.4 Å². The number of rotatable bonds is 1. The summed E-state index contributed by atoms with van der Waals surface area (Å²) in [7, 11) is 0. The van der Waals surface area contributed by atoms with Gasteiger partial charge in [-0.05, 0) is 25.0 Å². The molecule has 0 spiro atoms. The summed E-state index contributed by atoms with van der Waals surface area (Å²) in [6, 6.07) is 7.83. The van der Waals surface area contributed by atoms with E-state index in [1.54, 1.807) is 0 Å². The summed E-state index contributed by atoms with van der Waals surface area (Å²) in [5.41, 5.74) is 1.61. The van der Waals surface area contributed by atoms with Crippen LogP contribution in [-0.2, 0) is 15.1 Å². The van der Waals surface area contributed by atoms with Gasteiger partial charge >= 0.3 is 11.8 Å². The minimum Gasteiger partial charge on any atom is -0.345 e. The fourth-order valence-corrected chi connectivity index (χ4v) is 2.04. The summed E-state index contributed by atoms with van der Waals surface area (Å²) in [4.78, 5) is 22.4. The van der Waals surface area contributed by atoms with E-state index in [9.17, 15) is 9.59 Å². The molecule has 84 valence electrons. The van der Waals surface area contributed by atoms with Crippen LogP contribution in [0.1, 0.15) is 18.1 Å². The van der Waals surface area contributed by atoms with E-state index in [1.807, 2.05) is 38.1 Å². The summed E-state index contributed by atoms with van der Waals surface area (Å²) in [6.45, 7) is 4.32. The quantitative estimate of drug-likeness (QED) is 0.673. The molecule has 1 atom stereocenters. The van der Waals surface area contributed by atoms with E-state index in [0.29, 0.717) is 6.54 Å². The Kier molecular flexibility index (Phi) is 2.42. The highest BCUT2D eigenvalue weighted by Gasteiger charge is 2.36. The summed E-state index contributed by atoms with van der Waals surface area (Å²) in [5.74, 6) is -1.14. The maximum absolute atomic E-state index is 11.4. The molecule has 0 radical (unpaired) electrons. The van der Waals surface area contributed by atoms with Crippen molar-refractivity contribution in [1.29, 1.82) is 0 Å². The molecule has 0 bridgehead atoms. The Hall–Kier alpha value is -1.84. The summed E-state index contributed by atoms with van der Waals surface area (Å²) < 4.78 is 0. The van der Waals surface area contributed by atoms with Gasteiger partial charge in [0, 0.05) is 6.54 Å². The van der Waals surface area contributed by atoms with Crippen LogP contribution < -0.4 is 10.6 Å². The van der Waals surface area contributed by atoms with Gasteiger partial charge < -0.3 is 10.6 Å². The van der Waals surface area contributed by atoms with Crippen molar-refractivity contribution >= 4 is 11.8 Å². The lowest BCUT2D eigenvalue weighted by Crippen LogP contribution is -2.61. The first-order valence-electron chi connectivity index (χ1n) is 5.19. The largest absolute Gasteiger partial charge is 0.345 e. The Labute approximate surface area is 94.0 Å². The summed E-state index contributed by atoms with van der Waals surface area (Å²) in [6.07, 6.45) is 0. The molecule has 4 heteroatoms. The van der Waals surface area contributed by atoms with E-state index in [1.165, 1.54) is 0 Å². The number of piperazine rings is 1. The number of carbonyl (C=O) groups excluding carboxylic acids is 2. The maximum Gasteiger partial charge on any atom is 0.310 e. The Balaban J connectivity index is 2.37. The van der Waals surface area contributed by atoms with E-state index in [4.69, 9.17) is 0 Å². The lowest BCUT2D eigenvalue weighted by atomic mass is 9.87. The Morgan fingerprint density at radius 1 is 1.19 bits per heavy atom. The molecule has 1 heterocycles. The van der Waals surface area contributed by atoms with Gasteiger partial charge in [0.25, 0.3) is 0 Å². The second-order valence-electron chi connectivity index (χ2n) is 4.28. The molecule has 0 aromatic heterocycles. The molecular weight excluding hydrogens is 204 g/mol. The van der Waals surface area contributed by atoms with Gasteiger partial charge in [0.05, 0.1) is 5.54 Å². The van der Waals surface area contributed by atoms with E-state index in [0.717, 1.165) is 11.1 Å². The predicted molar refractivity (Wildman–Crippen MR) is 59.7 cm³/mol. The number of amides is 2. The molecule has 16 heavy (non-hydrogen) atoms. The van der Waals surface area contributed by atoms with Crippen LogP contribution in [0.2, 0.25) is 0 Å². The fourth-order valence-electron chi connectivity index (χ4n) is 2.04. The van der Waals surface area contributed by atoms with Crippen molar-refractivity contribution in [3.05, 3.63) is 35.4 Å². The molecule has 1 fully saturated rings. The Bertz CT molecular complexity index is 456. The number of aryl methyl sites for hydroxylation is 1. The van der Waals surface area contributed by atoms with Crippen LogP contribution in [-0.4, -0.2) is 18.4 Å². The third kappa shape index (κ3) is 1.66. The van der Waals surface area contributed by atoms with Crippen LogP contribution in [0, 0.1) is 6.92 Å². The lowest BCUT2D eigenvalue weighted by molar-refractivity contribution is -0.142. The van der Waals surface area contributed by atoms with Crippen molar-refractivity contribution in [1.82, 2.24) is 10.6 Å². The van der Waals surface area contributed by atoms with Gasteiger partial charge in [0.15, 0.2) is 0 Å². The van der Waals surface area contributed by atoms with Crippen LogP contribution >= 0.6 is 0 Å². The molecule has 1 aromatic carbocycles. The first-order valence-corrected chi connectivity index (χ1v) is 5.19. The first-order chi connectivity index (χ1) is 7.53. The number of benzene rings is 1. The molecule has 0 saturated carbocycles. The molecule has 2 N–H and O–H groups in total. The van der Waals surface area contributed by atoms with Gasteiger partial charge in [-0.2, -0.15) is 0 Å². The van der Waals surface area contributed by atoms with Crippen LogP contribution in [0.15, 0.2) is 24.3 Å². The normalized spacial score (nSPS) is 24.9. The van der Waals surface area contributed by atoms with Crippen LogP contribution in [0.5, 0.6) is 0 Å². The number of hydrogen-bond donors (Lipinski definition) is 2. The van der Waals surface area contributed by atoms with Crippen LogP contribution in [0.3, 0.4) is 0 Å². The van der Waals surface area contributed by atoms with Gasteiger partial charge in [0.2, 0.25) is 0 Å². The zero-order valence-corrected chi connectivity index (χ0v) is 9.33. The monoisotopic (exact) mass is 218 g/mol. The minimum absolute atomic E-state index is 0.419. The highest BCUT2D eigenvalue weighted by atomic mass is 16.2. The molecule has 1 aliphatic rings. The lowest BCUT2D eigenvalue weighted by Gasteiger charge is -2.35. The number of nitrogens with one attached hydrogen (secondary N) is 2. The van der Waals surface area contributed by atoms with Gasteiger partial charge in [-0.1, -0.05) is 24.3 Å². The van der Waals surface area contributed by atoms with Crippen molar-refractivity contribution in [3.8, 4) is 0 Å². The second-order valence-corrected chi connectivity index (χ2v) is 4.28. The highest BCUT2D eigenvalue weighted by Crippen LogP contribution is 2.24. The average molecular weight is 218 g/mol. The van der Waals surface area contributed by atoms with Gasteiger partial charge in [-0.15, -0.1) is 0 Å². The standard InChI is InChI=1S/C12H14N2O2/c1-8-5-3-4-6-9(8)12(2)7-13-10(15)11(16)14-12/h3-6H,7H2,1-2H3,(H,13,15)(H,14,16). The van der Waals surface area contributed by atoms with Crippen molar-refractivity contribution < 1.29 is 9.59 Å². The fraction of sp³-hybridized carbons (Fsp3) is 0.333. The second kappa shape index (κ2) is 3.63. The zero-order chi connectivity index (χ0) is 11.8. The third-order valence-electron chi connectivity index (χ3n) is 2.94. The molecule has 1 unspecified atom stereocenters. The predicted octanol–water partition coefficient (Wildman–Crippen LogP) is 0.456. The third-order valence-corrected chi connectivity index (χ3v) is 2.94. The van der Waals surface area contributed by atoms with E-state index in [-0.39, 0.29) is 0 Å². The Morgan fingerprint density at radius 3 is 2.50 bits per heavy atom. The topological polar surface area (TPSA) is 58.2 Å². The summed E-state index contributed by atoms with van der Waals surface area (Å²) in [5, 5.41) is 5.35. The van der Waals surface area contributed by atoms with Gasteiger partial charge in [-0.3, -0.25) is 9.59 Å². The van der Waals surface area contributed by atoms with Gasteiger partial charge in [0.1, 0.15) is 0 Å². The first kappa shape index (κ1) is 10.7. The molecule has 2 rings (SSSR count). The molecule has 1 saturated heterocycles. The molecule has 1 aromatic rings. The SMILES string of the molecule is Cc1ccccc1C1(C)CNC(=O)C(=O)N1. The van der Waals surface area contributed by atoms with Gasteiger partial charge in [-0.25, -0.2) is 0 Å². The molecular formula is C12H14N2O2. The average Bonchev–Trinajstić information content (AvgIpc) is 2.25. The van der Waals surface area contributed by atoms with E-state index < -0.39 is 17.4 Å². The highest BCUT2D eigenvalue weighted by molar-refractivity contribution is 6.35. The van der Waals surface area contributed by atoms with Crippen LogP contribution in [0.4, 0.5) is 0 Å². The Morgan fingerprint density at radius 2 is 1.88 bits per heavy atom. The van der Waals surface area contributed by atoms with Crippen molar-refractivity contribution in [2.24, 2.45) is 0 Å².